The molecule has 0 aromatic heterocycles. The fourth-order valence-corrected chi connectivity index (χ4v) is 1.40. The van der Waals surface area contributed by atoms with E-state index in [1.165, 1.54) is 11.1 Å². The zero-order valence-corrected chi connectivity index (χ0v) is 7.12. The molecule has 12 heavy (non-hydrogen) atoms. The van der Waals surface area contributed by atoms with Crippen molar-refractivity contribution in [3.8, 4) is 0 Å². The summed E-state index contributed by atoms with van der Waals surface area (Å²) in [6.07, 6.45) is 7.55. The molecular formula is C12H11. The summed E-state index contributed by atoms with van der Waals surface area (Å²) in [5, 5.41) is 0. The molecule has 0 amide bonds. The van der Waals surface area contributed by atoms with E-state index in [1.54, 1.807) is 0 Å². The molecule has 0 heteroatoms. The Morgan fingerprint density at radius 1 is 1.17 bits per heavy atom. The molecule has 0 fully saturated rings. The van der Waals surface area contributed by atoms with Crippen LogP contribution < -0.4 is 0 Å². The van der Waals surface area contributed by atoms with Gasteiger partial charge in [0.1, 0.15) is 0 Å². The van der Waals surface area contributed by atoms with Crippen LogP contribution in [0.5, 0.6) is 0 Å². The maximum Gasteiger partial charge on any atom is 0.000194 e. The molecule has 0 nitrogen and oxygen atoms in total. The Kier molecular flexibility index (Phi) is 1.83. The summed E-state index contributed by atoms with van der Waals surface area (Å²) in [6, 6.07) is 10.4. The molecular weight excluding hydrogens is 144 g/mol. The third-order valence-corrected chi connectivity index (χ3v) is 2.04. The third-order valence-electron chi connectivity index (χ3n) is 2.04. The van der Waals surface area contributed by atoms with Gasteiger partial charge < -0.3 is 0 Å². The second-order valence-electron chi connectivity index (χ2n) is 3.09. The van der Waals surface area contributed by atoms with Crippen LogP contribution in [0.25, 0.3) is 5.57 Å². The number of hydrogen-bond acceptors (Lipinski definition) is 0. The van der Waals surface area contributed by atoms with E-state index in [-0.39, 0.29) is 0 Å². The molecule has 0 heterocycles. The van der Waals surface area contributed by atoms with Gasteiger partial charge in [-0.15, -0.1) is 0 Å². The molecule has 1 aliphatic rings. The molecule has 1 atom stereocenters. The average Bonchev–Trinajstić information content (AvgIpc) is 2.54. The highest BCUT2D eigenvalue weighted by atomic mass is 14.1. The Hall–Kier alpha value is -1.30. The number of benzene rings is 1. The summed E-state index contributed by atoms with van der Waals surface area (Å²) in [4.78, 5) is 0. The van der Waals surface area contributed by atoms with Gasteiger partial charge in [-0.3, -0.25) is 0 Å². The lowest BCUT2D eigenvalue weighted by atomic mass is 10.1. The number of hydrogen-bond donors (Lipinski definition) is 0. The van der Waals surface area contributed by atoms with Crippen molar-refractivity contribution in [1.29, 1.82) is 0 Å². The van der Waals surface area contributed by atoms with Gasteiger partial charge >= 0.3 is 0 Å². The molecule has 0 spiro atoms. The van der Waals surface area contributed by atoms with Crippen LogP contribution in [0, 0.1) is 12.0 Å². The van der Waals surface area contributed by atoms with Gasteiger partial charge in [0, 0.05) is 5.92 Å². The molecule has 1 aliphatic carbocycles. The Balaban J connectivity index is 2.34. The second kappa shape index (κ2) is 2.98. The van der Waals surface area contributed by atoms with E-state index in [1.807, 2.05) is 6.07 Å². The first-order valence-corrected chi connectivity index (χ1v) is 4.23. The summed E-state index contributed by atoms with van der Waals surface area (Å²) < 4.78 is 0. The van der Waals surface area contributed by atoms with Crippen LogP contribution in [0.4, 0.5) is 0 Å². The topological polar surface area (TPSA) is 0 Å². The Morgan fingerprint density at radius 3 is 2.50 bits per heavy atom. The van der Waals surface area contributed by atoms with E-state index in [0.29, 0.717) is 5.92 Å². The largest absolute Gasteiger partial charge is 0.0694 e. The van der Waals surface area contributed by atoms with E-state index in [2.05, 4.69) is 49.4 Å². The van der Waals surface area contributed by atoms with Gasteiger partial charge in [0.2, 0.25) is 0 Å². The summed E-state index contributed by atoms with van der Waals surface area (Å²) >= 11 is 0. The van der Waals surface area contributed by atoms with Crippen molar-refractivity contribution in [1.82, 2.24) is 0 Å². The Labute approximate surface area is 73.2 Å². The molecule has 0 bridgehead atoms. The van der Waals surface area contributed by atoms with Crippen molar-refractivity contribution >= 4 is 5.57 Å². The van der Waals surface area contributed by atoms with Crippen LogP contribution in [0.2, 0.25) is 0 Å². The average molecular weight is 155 g/mol. The first-order valence-electron chi connectivity index (χ1n) is 4.23. The predicted molar refractivity (Wildman–Crippen MR) is 51.4 cm³/mol. The highest BCUT2D eigenvalue weighted by molar-refractivity contribution is 5.75. The predicted octanol–water partition coefficient (Wildman–Crippen LogP) is 3.08. The Bertz CT molecular complexity index is 317. The molecule has 1 aromatic carbocycles. The fourth-order valence-electron chi connectivity index (χ4n) is 1.40. The molecule has 0 aliphatic heterocycles. The van der Waals surface area contributed by atoms with Crippen molar-refractivity contribution in [2.75, 3.05) is 0 Å². The number of rotatable bonds is 1. The lowest BCUT2D eigenvalue weighted by Gasteiger charge is -1.97. The summed E-state index contributed by atoms with van der Waals surface area (Å²) in [6.45, 7) is 2.15. The normalized spacial score (nSPS) is 21.1. The first-order chi connectivity index (χ1) is 5.86. The minimum absolute atomic E-state index is 0.472. The van der Waals surface area contributed by atoms with E-state index in [4.69, 9.17) is 0 Å². The van der Waals surface area contributed by atoms with Gasteiger partial charge in [0.05, 0.1) is 0 Å². The molecule has 1 unspecified atom stereocenters. The minimum Gasteiger partial charge on any atom is -0.0694 e. The standard InChI is InChI=1S/C12H11/c1-10-7-8-12(9-10)11-5-3-2-4-6-11/h2-6,8-10H,1H3. The highest BCUT2D eigenvalue weighted by Gasteiger charge is 2.05. The summed E-state index contributed by atoms with van der Waals surface area (Å²) in [7, 11) is 0. The van der Waals surface area contributed by atoms with Gasteiger partial charge in [0.15, 0.2) is 0 Å². The molecule has 1 radical (unpaired) electrons. The third kappa shape index (κ3) is 1.33. The molecule has 1 aromatic rings. The van der Waals surface area contributed by atoms with Crippen LogP contribution in [0.3, 0.4) is 0 Å². The van der Waals surface area contributed by atoms with Crippen molar-refractivity contribution in [3.63, 3.8) is 0 Å². The Morgan fingerprint density at radius 2 is 1.92 bits per heavy atom. The zero-order valence-electron chi connectivity index (χ0n) is 7.12. The lowest BCUT2D eigenvalue weighted by Crippen LogP contribution is -1.78. The SMILES string of the molecule is CC1[C]=CC(c2ccccc2)=C1. The van der Waals surface area contributed by atoms with Crippen LogP contribution >= 0.6 is 0 Å². The minimum atomic E-state index is 0.472. The van der Waals surface area contributed by atoms with Gasteiger partial charge in [-0.05, 0) is 17.2 Å². The first kappa shape index (κ1) is 7.35. The quantitative estimate of drug-likeness (QED) is 0.584. The van der Waals surface area contributed by atoms with E-state index < -0.39 is 0 Å². The zero-order chi connectivity index (χ0) is 8.39. The van der Waals surface area contributed by atoms with Gasteiger partial charge in [0.25, 0.3) is 0 Å². The van der Waals surface area contributed by atoms with Crippen LogP contribution in [-0.4, -0.2) is 0 Å². The molecule has 0 saturated heterocycles. The smallest absolute Gasteiger partial charge is 0.000194 e. The van der Waals surface area contributed by atoms with E-state index >= 15 is 0 Å². The summed E-state index contributed by atoms with van der Waals surface area (Å²) in [5.41, 5.74) is 2.58. The molecule has 2 rings (SSSR count). The maximum absolute atomic E-state index is 3.25. The highest BCUT2D eigenvalue weighted by Crippen LogP contribution is 2.23. The van der Waals surface area contributed by atoms with Gasteiger partial charge in [-0.1, -0.05) is 49.4 Å². The number of allylic oxidation sites excluding steroid dienone is 4. The van der Waals surface area contributed by atoms with Crippen molar-refractivity contribution in [3.05, 3.63) is 54.1 Å². The fraction of sp³-hybridized carbons (Fsp3) is 0.167. The van der Waals surface area contributed by atoms with Crippen molar-refractivity contribution in [2.45, 2.75) is 6.92 Å². The lowest BCUT2D eigenvalue weighted by molar-refractivity contribution is 0.930. The van der Waals surface area contributed by atoms with E-state index in [0.717, 1.165) is 0 Å². The van der Waals surface area contributed by atoms with Crippen LogP contribution in [0.15, 0.2) is 42.5 Å². The maximum atomic E-state index is 3.25. The molecule has 0 N–H and O–H groups in total. The van der Waals surface area contributed by atoms with Gasteiger partial charge in [-0.2, -0.15) is 0 Å². The monoisotopic (exact) mass is 155 g/mol. The molecule has 0 saturated carbocycles. The van der Waals surface area contributed by atoms with Gasteiger partial charge in [-0.25, -0.2) is 0 Å². The van der Waals surface area contributed by atoms with E-state index in [9.17, 15) is 0 Å². The van der Waals surface area contributed by atoms with Crippen molar-refractivity contribution < 1.29 is 0 Å². The van der Waals surface area contributed by atoms with Crippen LogP contribution in [-0.2, 0) is 0 Å². The second-order valence-corrected chi connectivity index (χ2v) is 3.09. The van der Waals surface area contributed by atoms with Crippen LogP contribution in [0.1, 0.15) is 12.5 Å². The summed E-state index contributed by atoms with van der Waals surface area (Å²) in [5.74, 6) is 0.472. The molecule has 59 valence electrons. The van der Waals surface area contributed by atoms with Crippen molar-refractivity contribution in [2.24, 2.45) is 5.92 Å².